The van der Waals surface area contributed by atoms with Crippen molar-refractivity contribution in [3.8, 4) is 0 Å². The lowest BCUT2D eigenvalue weighted by Gasteiger charge is -2.19. The molecule has 0 atom stereocenters. The summed E-state index contributed by atoms with van der Waals surface area (Å²) in [7, 11) is 0. The van der Waals surface area contributed by atoms with E-state index < -0.39 is 17.4 Å². The molecule has 1 rings (SSSR count). The minimum Gasteiger partial charge on any atom is -0.343 e. The van der Waals surface area contributed by atoms with E-state index in [2.05, 4.69) is 15.8 Å². The number of benzene rings is 1. The van der Waals surface area contributed by atoms with Crippen LogP contribution in [-0.2, 0) is 9.59 Å². The highest BCUT2D eigenvalue weighted by molar-refractivity contribution is 6.38. The summed E-state index contributed by atoms with van der Waals surface area (Å²) in [6.07, 6.45) is 1.28. The van der Waals surface area contributed by atoms with Gasteiger partial charge in [-0.1, -0.05) is 29.3 Å². The van der Waals surface area contributed by atoms with Gasteiger partial charge in [0.25, 0.3) is 0 Å². The number of hydrogen-bond donors (Lipinski definition) is 2. The highest BCUT2D eigenvalue weighted by atomic mass is 35.5. The van der Waals surface area contributed by atoms with E-state index in [4.69, 9.17) is 23.2 Å². The third-order valence-corrected chi connectivity index (χ3v) is 2.71. The molecule has 0 bridgehead atoms. The molecule has 0 heterocycles. The van der Waals surface area contributed by atoms with Crippen LogP contribution in [0.15, 0.2) is 23.3 Å². The highest BCUT2D eigenvalue weighted by Crippen LogP contribution is 2.21. The molecule has 0 aliphatic carbocycles. The van der Waals surface area contributed by atoms with Crippen LogP contribution in [0.1, 0.15) is 26.3 Å². The van der Waals surface area contributed by atoms with Crippen molar-refractivity contribution < 1.29 is 9.59 Å². The molecule has 1 aromatic rings. The minimum absolute atomic E-state index is 0.398. The van der Waals surface area contributed by atoms with E-state index in [1.807, 2.05) is 0 Å². The molecule has 0 saturated heterocycles. The zero-order chi connectivity index (χ0) is 15.3. The van der Waals surface area contributed by atoms with Crippen molar-refractivity contribution in [2.45, 2.75) is 26.3 Å². The number of hydrogen-bond acceptors (Lipinski definition) is 3. The summed E-state index contributed by atoms with van der Waals surface area (Å²) in [4.78, 5) is 23.0. The van der Waals surface area contributed by atoms with Gasteiger partial charge >= 0.3 is 11.8 Å². The molecule has 0 radical (unpaired) electrons. The molecule has 0 aliphatic rings. The van der Waals surface area contributed by atoms with E-state index in [0.717, 1.165) is 0 Å². The van der Waals surface area contributed by atoms with Crippen molar-refractivity contribution in [1.82, 2.24) is 10.7 Å². The molecule has 2 amide bonds. The lowest BCUT2D eigenvalue weighted by molar-refractivity contribution is -0.140. The number of halogens is 2. The molecule has 0 saturated carbocycles. The van der Waals surface area contributed by atoms with Gasteiger partial charge < -0.3 is 5.32 Å². The van der Waals surface area contributed by atoms with E-state index in [1.165, 1.54) is 6.21 Å². The smallest absolute Gasteiger partial charge is 0.329 e. The van der Waals surface area contributed by atoms with Gasteiger partial charge in [0.15, 0.2) is 0 Å². The first-order valence-electron chi connectivity index (χ1n) is 5.80. The Morgan fingerprint density at radius 2 is 1.70 bits per heavy atom. The van der Waals surface area contributed by atoms with Gasteiger partial charge in [0, 0.05) is 11.1 Å². The minimum atomic E-state index is -0.862. The van der Waals surface area contributed by atoms with Crippen LogP contribution in [0.3, 0.4) is 0 Å². The van der Waals surface area contributed by atoms with Gasteiger partial charge in [-0.05, 0) is 32.9 Å². The summed E-state index contributed by atoms with van der Waals surface area (Å²) in [5.41, 5.74) is 2.08. The Morgan fingerprint density at radius 3 is 2.20 bits per heavy atom. The Balaban J connectivity index is 2.65. The van der Waals surface area contributed by atoms with Gasteiger partial charge in [-0.15, -0.1) is 0 Å². The fourth-order valence-electron chi connectivity index (χ4n) is 1.24. The fraction of sp³-hybridized carbons (Fsp3) is 0.308. The van der Waals surface area contributed by atoms with Crippen molar-refractivity contribution in [3.63, 3.8) is 0 Å². The largest absolute Gasteiger partial charge is 0.343 e. The summed E-state index contributed by atoms with van der Waals surface area (Å²) in [6, 6.07) is 4.98. The van der Waals surface area contributed by atoms with Crippen LogP contribution in [0.2, 0.25) is 10.0 Å². The van der Waals surface area contributed by atoms with Crippen molar-refractivity contribution >= 4 is 41.2 Å². The zero-order valence-electron chi connectivity index (χ0n) is 11.3. The number of nitrogens with zero attached hydrogens (tertiary/aromatic N) is 1. The van der Waals surface area contributed by atoms with E-state index in [9.17, 15) is 9.59 Å². The first kappa shape index (κ1) is 16.5. The van der Waals surface area contributed by atoms with Crippen LogP contribution < -0.4 is 10.7 Å². The predicted octanol–water partition coefficient (Wildman–Crippen LogP) is 2.36. The number of carbonyl (C=O) groups excluding carboxylic acids is 2. The second kappa shape index (κ2) is 6.72. The van der Waals surface area contributed by atoms with Crippen LogP contribution in [-0.4, -0.2) is 23.6 Å². The van der Waals surface area contributed by atoms with Crippen molar-refractivity contribution in [1.29, 1.82) is 0 Å². The zero-order valence-corrected chi connectivity index (χ0v) is 12.8. The Hall–Kier alpha value is -1.59. The number of nitrogens with one attached hydrogen (secondary N) is 2. The molecule has 108 valence electrons. The summed E-state index contributed by atoms with van der Waals surface area (Å²) < 4.78 is 0. The van der Waals surface area contributed by atoms with Crippen LogP contribution >= 0.6 is 23.2 Å². The second-order valence-electron chi connectivity index (χ2n) is 5.04. The van der Waals surface area contributed by atoms with Crippen LogP contribution in [0.5, 0.6) is 0 Å². The van der Waals surface area contributed by atoms with Gasteiger partial charge in [-0.3, -0.25) is 9.59 Å². The molecular formula is C13H15Cl2N3O2. The van der Waals surface area contributed by atoms with Crippen LogP contribution in [0.4, 0.5) is 0 Å². The number of hydrazone groups is 1. The van der Waals surface area contributed by atoms with Gasteiger partial charge in [0.1, 0.15) is 0 Å². The second-order valence-corrected chi connectivity index (χ2v) is 5.85. The maximum Gasteiger partial charge on any atom is 0.329 e. The SMILES string of the molecule is CC(C)(C)NC(=O)C(=O)NN=Cc1c(Cl)cccc1Cl. The molecule has 0 fully saturated rings. The summed E-state index contributed by atoms with van der Waals surface area (Å²) in [5, 5.41) is 6.97. The molecule has 0 unspecified atom stereocenters. The third kappa shape index (κ3) is 5.19. The number of carbonyl (C=O) groups is 2. The molecular weight excluding hydrogens is 301 g/mol. The lowest BCUT2D eigenvalue weighted by atomic mass is 10.1. The van der Waals surface area contributed by atoms with E-state index >= 15 is 0 Å². The average molecular weight is 316 g/mol. The monoisotopic (exact) mass is 315 g/mol. The quantitative estimate of drug-likeness (QED) is 0.499. The Kier molecular flexibility index (Phi) is 5.53. The third-order valence-electron chi connectivity index (χ3n) is 2.05. The Bertz CT molecular complexity index is 531. The van der Waals surface area contributed by atoms with Crippen molar-refractivity contribution in [3.05, 3.63) is 33.8 Å². The standard InChI is InChI=1S/C13H15Cl2N3O2/c1-13(2,3)17-11(19)12(20)18-16-7-8-9(14)5-4-6-10(8)15/h4-7H,1-3H3,(H,17,19)(H,18,20). The molecule has 5 nitrogen and oxygen atoms in total. The van der Waals surface area contributed by atoms with Crippen molar-refractivity contribution in [2.24, 2.45) is 5.10 Å². The maximum absolute atomic E-state index is 11.5. The number of amides is 2. The highest BCUT2D eigenvalue weighted by Gasteiger charge is 2.19. The predicted molar refractivity (Wildman–Crippen MR) is 80.1 cm³/mol. The van der Waals surface area contributed by atoms with Crippen LogP contribution in [0.25, 0.3) is 0 Å². The van der Waals surface area contributed by atoms with E-state index in [-0.39, 0.29) is 0 Å². The van der Waals surface area contributed by atoms with Gasteiger partial charge in [0.05, 0.1) is 16.3 Å². The Labute approximate surface area is 127 Å². The Morgan fingerprint density at radius 1 is 1.15 bits per heavy atom. The summed E-state index contributed by atoms with van der Waals surface area (Å²) in [5.74, 6) is -1.63. The molecule has 0 aliphatic heterocycles. The first-order valence-corrected chi connectivity index (χ1v) is 6.56. The summed E-state index contributed by atoms with van der Waals surface area (Å²) >= 11 is 11.9. The maximum atomic E-state index is 11.5. The van der Waals surface area contributed by atoms with E-state index in [1.54, 1.807) is 39.0 Å². The topological polar surface area (TPSA) is 70.6 Å². The molecule has 20 heavy (non-hydrogen) atoms. The van der Waals surface area contributed by atoms with E-state index in [0.29, 0.717) is 15.6 Å². The number of rotatable bonds is 2. The molecule has 0 spiro atoms. The van der Waals surface area contributed by atoms with Crippen molar-refractivity contribution in [2.75, 3.05) is 0 Å². The van der Waals surface area contributed by atoms with Gasteiger partial charge in [0.2, 0.25) is 0 Å². The summed E-state index contributed by atoms with van der Waals surface area (Å²) in [6.45, 7) is 5.31. The molecule has 1 aromatic carbocycles. The fourth-order valence-corrected chi connectivity index (χ4v) is 1.73. The van der Waals surface area contributed by atoms with Gasteiger partial charge in [-0.25, -0.2) is 5.43 Å². The van der Waals surface area contributed by atoms with Gasteiger partial charge in [-0.2, -0.15) is 5.10 Å². The molecule has 7 heteroatoms. The normalized spacial score (nSPS) is 11.4. The van der Waals surface area contributed by atoms with Crippen LogP contribution in [0, 0.1) is 0 Å². The molecule has 0 aromatic heterocycles. The average Bonchev–Trinajstić information content (AvgIpc) is 2.30. The lowest BCUT2D eigenvalue weighted by Crippen LogP contribution is -2.47. The molecule has 2 N–H and O–H groups in total. The first-order chi connectivity index (χ1) is 9.20.